The van der Waals surface area contributed by atoms with Crippen LogP contribution in [0.5, 0.6) is 5.75 Å². The molecule has 0 amide bonds. The van der Waals surface area contributed by atoms with Crippen LogP contribution in [0.4, 0.5) is 0 Å². The van der Waals surface area contributed by atoms with Crippen molar-refractivity contribution >= 4 is 17.6 Å². The van der Waals surface area contributed by atoms with Gasteiger partial charge in [0.25, 0.3) is 0 Å². The van der Waals surface area contributed by atoms with Crippen molar-refractivity contribution in [3.05, 3.63) is 29.8 Å². The summed E-state index contributed by atoms with van der Waals surface area (Å²) in [6.07, 6.45) is 0.458. The molecule has 4 heteroatoms. The van der Waals surface area contributed by atoms with Gasteiger partial charge in [0.05, 0.1) is 13.2 Å². The summed E-state index contributed by atoms with van der Waals surface area (Å²) in [5.74, 6) is 0.452. The van der Waals surface area contributed by atoms with Gasteiger partial charge in [0.1, 0.15) is 11.1 Å². The number of ether oxygens (including phenoxy) is 2. The van der Waals surface area contributed by atoms with E-state index in [1.807, 2.05) is 24.3 Å². The first-order valence-corrected chi connectivity index (χ1v) is 7.28. The molecule has 0 aromatic heterocycles. The number of halogens is 1. The van der Waals surface area contributed by atoms with E-state index in [0.717, 1.165) is 11.3 Å². The van der Waals surface area contributed by atoms with E-state index in [2.05, 4.69) is 20.8 Å². The fraction of sp³-hybridized carbons (Fsp3) is 0.562. The summed E-state index contributed by atoms with van der Waals surface area (Å²) in [5.41, 5.74) is 1.12. The van der Waals surface area contributed by atoms with Crippen LogP contribution in [0.3, 0.4) is 0 Å². The highest BCUT2D eigenvalue weighted by Crippen LogP contribution is 2.19. The molecule has 0 bridgehead atoms. The number of rotatable bonds is 6. The van der Waals surface area contributed by atoms with Crippen LogP contribution in [0.1, 0.15) is 33.3 Å². The highest BCUT2D eigenvalue weighted by molar-refractivity contribution is 6.30. The van der Waals surface area contributed by atoms with Gasteiger partial charge in [0.15, 0.2) is 0 Å². The average molecular weight is 299 g/mol. The van der Waals surface area contributed by atoms with Crippen LogP contribution in [-0.2, 0) is 16.0 Å². The standard InChI is InChI=1S/C16H23ClO3/c1-5-19-15(18)14(17)10-12-6-8-13(9-7-12)20-11-16(2,3)4/h6-9,14H,5,10-11H2,1-4H3. The van der Waals surface area contributed by atoms with Crippen molar-refractivity contribution in [2.75, 3.05) is 13.2 Å². The molecule has 0 spiro atoms. The molecule has 20 heavy (non-hydrogen) atoms. The van der Waals surface area contributed by atoms with E-state index < -0.39 is 5.38 Å². The van der Waals surface area contributed by atoms with Crippen LogP contribution in [0.2, 0.25) is 0 Å². The lowest BCUT2D eigenvalue weighted by Gasteiger charge is -2.19. The van der Waals surface area contributed by atoms with Crippen molar-refractivity contribution in [3.8, 4) is 5.75 Å². The maximum atomic E-state index is 11.4. The van der Waals surface area contributed by atoms with Crippen molar-refractivity contribution in [1.29, 1.82) is 0 Å². The van der Waals surface area contributed by atoms with Gasteiger partial charge in [-0.3, -0.25) is 4.79 Å². The highest BCUT2D eigenvalue weighted by atomic mass is 35.5. The molecule has 0 radical (unpaired) electrons. The lowest BCUT2D eigenvalue weighted by Crippen LogP contribution is -2.20. The molecule has 1 unspecified atom stereocenters. The maximum absolute atomic E-state index is 11.4. The summed E-state index contributed by atoms with van der Waals surface area (Å²) in [5, 5.41) is -0.642. The second-order valence-corrected chi connectivity index (χ2v) is 6.44. The Morgan fingerprint density at radius 2 is 1.85 bits per heavy atom. The first kappa shape index (κ1) is 16.8. The molecule has 0 saturated heterocycles. The van der Waals surface area contributed by atoms with E-state index in [4.69, 9.17) is 21.1 Å². The van der Waals surface area contributed by atoms with Gasteiger partial charge < -0.3 is 9.47 Å². The van der Waals surface area contributed by atoms with E-state index in [-0.39, 0.29) is 11.4 Å². The number of hydrogen-bond donors (Lipinski definition) is 0. The molecule has 3 nitrogen and oxygen atoms in total. The van der Waals surface area contributed by atoms with Crippen LogP contribution in [0.25, 0.3) is 0 Å². The summed E-state index contributed by atoms with van der Waals surface area (Å²) in [4.78, 5) is 11.4. The number of alkyl halides is 1. The SMILES string of the molecule is CCOC(=O)C(Cl)Cc1ccc(OCC(C)(C)C)cc1. The Morgan fingerprint density at radius 1 is 1.25 bits per heavy atom. The molecule has 112 valence electrons. The van der Waals surface area contributed by atoms with Gasteiger partial charge >= 0.3 is 5.97 Å². The van der Waals surface area contributed by atoms with Crippen LogP contribution in [0.15, 0.2) is 24.3 Å². The zero-order valence-electron chi connectivity index (χ0n) is 12.6. The smallest absolute Gasteiger partial charge is 0.324 e. The van der Waals surface area contributed by atoms with Crippen LogP contribution < -0.4 is 4.74 Å². The highest BCUT2D eigenvalue weighted by Gasteiger charge is 2.17. The number of hydrogen-bond acceptors (Lipinski definition) is 3. The van der Waals surface area contributed by atoms with Crippen molar-refractivity contribution in [3.63, 3.8) is 0 Å². The van der Waals surface area contributed by atoms with Gasteiger partial charge in [-0.15, -0.1) is 11.6 Å². The van der Waals surface area contributed by atoms with E-state index >= 15 is 0 Å². The number of carbonyl (C=O) groups excluding carboxylic acids is 1. The number of carbonyl (C=O) groups is 1. The Kier molecular flexibility index (Phi) is 6.34. The largest absolute Gasteiger partial charge is 0.493 e. The second-order valence-electron chi connectivity index (χ2n) is 5.92. The third kappa shape index (κ3) is 6.29. The van der Waals surface area contributed by atoms with E-state index in [1.165, 1.54) is 0 Å². The van der Waals surface area contributed by atoms with Gasteiger partial charge in [0.2, 0.25) is 0 Å². The quantitative estimate of drug-likeness (QED) is 0.591. The first-order chi connectivity index (χ1) is 9.31. The Labute approximate surface area is 126 Å². The van der Waals surface area contributed by atoms with Gasteiger partial charge in [0, 0.05) is 0 Å². The van der Waals surface area contributed by atoms with Crippen molar-refractivity contribution in [1.82, 2.24) is 0 Å². The summed E-state index contributed by atoms with van der Waals surface area (Å²) in [7, 11) is 0. The molecule has 0 fully saturated rings. The zero-order valence-corrected chi connectivity index (χ0v) is 13.4. The van der Waals surface area contributed by atoms with Crippen LogP contribution in [-0.4, -0.2) is 24.6 Å². The molecule has 0 heterocycles. The lowest BCUT2D eigenvalue weighted by atomic mass is 9.99. The Bertz CT molecular complexity index is 420. The fourth-order valence-electron chi connectivity index (χ4n) is 1.54. The zero-order chi connectivity index (χ0) is 15.2. The van der Waals surface area contributed by atoms with E-state index in [9.17, 15) is 4.79 Å². The molecular formula is C16H23ClO3. The fourth-order valence-corrected chi connectivity index (χ4v) is 1.79. The van der Waals surface area contributed by atoms with Gasteiger partial charge in [-0.25, -0.2) is 0 Å². The predicted octanol–water partition coefficient (Wildman–Crippen LogP) is 3.82. The normalized spacial score (nSPS) is 12.8. The Balaban J connectivity index is 2.52. The third-order valence-electron chi connectivity index (χ3n) is 2.55. The Morgan fingerprint density at radius 3 is 2.35 bits per heavy atom. The third-order valence-corrected chi connectivity index (χ3v) is 2.88. The molecule has 1 atom stereocenters. The van der Waals surface area contributed by atoms with E-state index in [0.29, 0.717) is 19.6 Å². The first-order valence-electron chi connectivity index (χ1n) is 6.84. The summed E-state index contributed by atoms with van der Waals surface area (Å²) >= 11 is 6.00. The molecular weight excluding hydrogens is 276 g/mol. The van der Waals surface area contributed by atoms with Gasteiger partial charge in [-0.2, -0.15) is 0 Å². The molecule has 1 rings (SSSR count). The van der Waals surface area contributed by atoms with Gasteiger partial charge in [-0.05, 0) is 36.5 Å². The van der Waals surface area contributed by atoms with Gasteiger partial charge in [-0.1, -0.05) is 32.9 Å². The average Bonchev–Trinajstić information content (AvgIpc) is 2.37. The molecule has 0 aliphatic rings. The topological polar surface area (TPSA) is 35.5 Å². The van der Waals surface area contributed by atoms with Crippen LogP contribution >= 0.6 is 11.6 Å². The minimum absolute atomic E-state index is 0.129. The second kappa shape index (κ2) is 7.53. The summed E-state index contributed by atoms with van der Waals surface area (Å²) < 4.78 is 10.6. The van der Waals surface area contributed by atoms with Crippen molar-refractivity contribution < 1.29 is 14.3 Å². The number of benzene rings is 1. The summed E-state index contributed by atoms with van der Waals surface area (Å²) in [6, 6.07) is 7.64. The summed E-state index contributed by atoms with van der Waals surface area (Å²) in [6.45, 7) is 9.15. The monoisotopic (exact) mass is 298 g/mol. The maximum Gasteiger partial charge on any atom is 0.324 e. The van der Waals surface area contributed by atoms with E-state index in [1.54, 1.807) is 6.92 Å². The number of esters is 1. The van der Waals surface area contributed by atoms with Crippen molar-refractivity contribution in [2.45, 2.75) is 39.5 Å². The minimum atomic E-state index is -0.642. The molecule has 0 N–H and O–H groups in total. The Hall–Kier alpha value is -1.22. The molecule has 1 aromatic carbocycles. The molecule has 1 aromatic rings. The minimum Gasteiger partial charge on any atom is -0.493 e. The van der Waals surface area contributed by atoms with Crippen molar-refractivity contribution in [2.24, 2.45) is 5.41 Å². The molecule has 0 aliphatic heterocycles. The molecule has 0 saturated carbocycles. The molecule has 0 aliphatic carbocycles. The van der Waals surface area contributed by atoms with Crippen LogP contribution in [0, 0.1) is 5.41 Å². The predicted molar refractivity (Wildman–Crippen MR) is 81.4 cm³/mol. The lowest BCUT2D eigenvalue weighted by molar-refractivity contribution is -0.142.